The van der Waals surface area contributed by atoms with E-state index in [1.807, 2.05) is 13.8 Å². The Kier molecular flexibility index (Phi) is 4.36. The number of nitrogen functional groups attached to an aromatic ring is 1. The zero-order chi connectivity index (χ0) is 16.0. The van der Waals surface area contributed by atoms with Gasteiger partial charge in [0.15, 0.2) is 5.82 Å². The van der Waals surface area contributed by atoms with Gasteiger partial charge in [-0.2, -0.15) is 0 Å². The number of nitrogens with two attached hydrogens (primary N) is 1. The van der Waals surface area contributed by atoms with Gasteiger partial charge in [0.05, 0.1) is 10.6 Å². The smallest absolute Gasteiger partial charge is 0.243 e. The SMILES string of the molecule is COC1CC(NS(=O)(=O)c2cc(N)cc(Br)c2F)C1(C)C. The first-order chi connectivity index (χ1) is 9.59. The van der Waals surface area contributed by atoms with Crippen molar-refractivity contribution in [1.82, 2.24) is 4.72 Å². The third kappa shape index (κ3) is 2.94. The van der Waals surface area contributed by atoms with Crippen LogP contribution in [0.4, 0.5) is 10.1 Å². The standard InChI is InChI=1S/C13H18BrFN2O3S/c1-13(2)10(6-11(13)20-3)17-21(18,19)9-5-7(16)4-8(14)12(9)15/h4-5,10-11,17H,6,16H2,1-3H3. The molecule has 2 unspecified atom stereocenters. The van der Waals surface area contributed by atoms with Crippen LogP contribution >= 0.6 is 15.9 Å². The molecule has 0 bridgehead atoms. The molecule has 1 fully saturated rings. The van der Waals surface area contributed by atoms with Crippen LogP contribution in [0.3, 0.4) is 0 Å². The molecule has 0 aromatic heterocycles. The van der Waals surface area contributed by atoms with Crippen molar-refractivity contribution < 1.29 is 17.5 Å². The first kappa shape index (κ1) is 16.7. The summed E-state index contributed by atoms with van der Waals surface area (Å²) in [5.74, 6) is -0.850. The predicted molar refractivity (Wildman–Crippen MR) is 81.8 cm³/mol. The second kappa shape index (κ2) is 5.49. The maximum Gasteiger partial charge on any atom is 0.243 e. The Hall–Kier alpha value is -0.700. The molecule has 0 radical (unpaired) electrons. The van der Waals surface area contributed by atoms with Crippen LogP contribution in [0.25, 0.3) is 0 Å². The molecule has 8 heteroatoms. The van der Waals surface area contributed by atoms with Crippen molar-refractivity contribution in [2.75, 3.05) is 12.8 Å². The third-order valence-electron chi connectivity index (χ3n) is 4.07. The highest BCUT2D eigenvalue weighted by atomic mass is 79.9. The summed E-state index contributed by atoms with van der Waals surface area (Å²) >= 11 is 2.96. The van der Waals surface area contributed by atoms with E-state index in [2.05, 4.69) is 20.7 Å². The van der Waals surface area contributed by atoms with Gasteiger partial charge in [0.2, 0.25) is 10.0 Å². The quantitative estimate of drug-likeness (QED) is 0.784. The summed E-state index contributed by atoms with van der Waals surface area (Å²) in [6.07, 6.45) is 0.524. The van der Waals surface area contributed by atoms with Gasteiger partial charge >= 0.3 is 0 Å². The number of halogens is 2. The number of sulfonamides is 1. The fourth-order valence-corrected chi connectivity index (χ4v) is 4.66. The van der Waals surface area contributed by atoms with Crippen molar-refractivity contribution in [2.45, 2.75) is 37.3 Å². The highest BCUT2D eigenvalue weighted by molar-refractivity contribution is 9.10. The number of methoxy groups -OCH3 is 1. The molecule has 1 aromatic carbocycles. The van der Waals surface area contributed by atoms with E-state index >= 15 is 0 Å². The molecule has 0 saturated heterocycles. The van der Waals surface area contributed by atoms with E-state index in [1.165, 1.54) is 6.07 Å². The number of hydrogen-bond donors (Lipinski definition) is 2. The molecule has 118 valence electrons. The van der Waals surface area contributed by atoms with Crippen molar-refractivity contribution in [2.24, 2.45) is 5.41 Å². The van der Waals surface area contributed by atoms with Gasteiger partial charge in [-0.05, 0) is 34.5 Å². The average Bonchev–Trinajstić information content (AvgIpc) is 2.38. The van der Waals surface area contributed by atoms with E-state index < -0.39 is 20.7 Å². The lowest BCUT2D eigenvalue weighted by Crippen LogP contribution is -2.61. The molecule has 1 aliphatic carbocycles. The molecule has 1 aliphatic rings. The van der Waals surface area contributed by atoms with Gasteiger partial charge in [-0.25, -0.2) is 17.5 Å². The number of nitrogens with one attached hydrogen (secondary N) is 1. The summed E-state index contributed by atoms with van der Waals surface area (Å²) in [6.45, 7) is 3.81. The molecule has 2 atom stereocenters. The summed E-state index contributed by atoms with van der Waals surface area (Å²) in [7, 11) is -2.40. The van der Waals surface area contributed by atoms with Crippen LogP contribution in [0, 0.1) is 11.2 Å². The molecule has 21 heavy (non-hydrogen) atoms. The lowest BCUT2D eigenvalue weighted by Gasteiger charge is -2.50. The van der Waals surface area contributed by atoms with Gasteiger partial charge in [-0.1, -0.05) is 13.8 Å². The average molecular weight is 381 g/mol. The Balaban J connectivity index is 2.29. The van der Waals surface area contributed by atoms with Crippen molar-refractivity contribution in [3.63, 3.8) is 0 Å². The number of ether oxygens (including phenoxy) is 1. The Labute approximate surface area is 132 Å². The van der Waals surface area contributed by atoms with Crippen molar-refractivity contribution in [3.05, 3.63) is 22.4 Å². The fourth-order valence-electron chi connectivity index (χ4n) is 2.52. The summed E-state index contributed by atoms with van der Waals surface area (Å²) in [5.41, 5.74) is 5.41. The monoisotopic (exact) mass is 380 g/mol. The van der Waals surface area contributed by atoms with Gasteiger partial charge in [0.25, 0.3) is 0 Å². The van der Waals surface area contributed by atoms with Gasteiger partial charge in [0, 0.05) is 24.3 Å². The van der Waals surface area contributed by atoms with Crippen LogP contribution in [-0.2, 0) is 14.8 Å². The summed E-state index contributed by atoms with van der Waals surface area (Å²) in [5, 5.41) is 0. The molecule has 5 nitrogen and oxygen atoms in total. The minimum Gasteiger partial charge on any atom is -0.399 e. The number of hydrogen-bond acceptors (Lipinski definition) is 4. The first-order valence-electron chi connectivity index (χ1n) is 6.39. The van der Waals surface area contributed by atoms with Crippen LogP contribution in [0.5, 0.6) is 0 Å². The highest BCUT2D eigenvalue weighted by Gasteiger charge is 2.50. The lowest BCUT2D eigenvalue weighted by atomic mass is 9.65. The molecular formula is C13H18BrFN2O3S. The summed E-state index contributed by atoms with van der Waals surface area (Å²) in [6, 6.07) is 2.12. The molecule has 0 spiro atoms. The van der Waals surface area contributed by atoms with Crippen molar-refractivity contribution in [3.8, 4) is 0 Å². The van der Waals surface area contributed by atoms with Crippen molar-refractivity contribution in [1.29, 1.82) is 0 Å². The number of rotatable bonds is 4. The topological polar surface area (TPSA) is 81.4 Å². The van der Waals surface area contributed by atoms with E-state index in [4.69, 9.17) is 10.5 Å². The second-order valence-electron chi connectivity index (χ2n) is 5.77. The summed E-state index contributed by atoms with van der Waals surface area (Å²) in [4.78, 5) is -0.453. The maximum atomic E-state index is 14.0. The summed E-state index contributed by atoms with van der Waals surface area (Å²) < 4.78 is 46.6. The molecule has 0 heterocycles. The molecule has 0 amide bonds. The zero-order valence-electron chi connectivity index (χ0n) is 12.0. The Morgan fingerprint density at radius 2 is 2.10 bits per heavy atom. The van der Waals surface area contributed by atoms with Crippen molar-refractivity contribution >= 4 is 31.6 Å². The van der Waals surface area contributed by atoms with E-state index in [0.29, 0.717) is 6.42 Å². The molecule has 0 aliphatic heterocycles. The molecular weight excluding hydrogens is 363 g/mol. The lowest BCUT2D eigenvalue weighted by molar-refractivity contribution is -0.0908. The Morgan fingerprint density at radius 1 is 1.48 bits per heavy atom. The van der Waals surface area contributed by atoms with Crippen LogP contribution < -0.4 is 10.5 Å². The van der Waals surface area contributed by atoms with E-state index in [-0.39, 0.29) is 27.7 Å². The first-order valence-corrected chi connectivity index (χ1v) is 8.67. The van der Waals surface area contributed by atoms with E-state index in [1.54, 1.807) is 7.11 Å². The minimum atomic E-state index is -3.99. The third-order valence-corrected chi connectivity index (χ3v) is 6.11. The van der Waals surface area contributed by atoms with Crippen LogP contribution in [-0.4, -0.2) is 27.7 Å². The second-order valence-corrected chi connectivity index (χ2v) is 8.31. The predicted octanol–water partition coefficient (Wildman–Crippen LogP) is 2.26. The number of anilines is 1. The molecule has 1 aromatic rings. The Morgan fingerprint density at radius 3 is 2.62 bits per heavy atom. The van der Waals surface area contributed by atoms with Gasteiger partial charge in [-0.3, -0.25) is 0 Å². The maximum absolute atomic E-state index is 14.0. The van der Waals surface area contributed by atoms with Gasteiger partial charge in [-0.15, -0.1) is 0 Å². The minimum absolute atomic E-state index is 0.0190. The van der Waals surface area contributed by atoms with Gasteiger partial charge in [0.1, 0.15) is 4.90 Å². The largest absolute Gasteiger partial charge is 0.399 e. The van der Waals surface area contributed by atoms with E-state index in [9.17, 15) is 12.8 Å². The van der Waals surface area contributed by atoms with Crippen LogP contribution in [0.1, 0.15) is 20.3 Å². The fraction of sp³-hybridized carbons (Fsp3) is 0.538. The Bertz CT molecular complexity index is 664. The molecule has 2 rings (SSSR count). The van der Waals surface area contributed by atoms with Gasteiger partial charge < -0.3 is 10.5 Å². The number of benzene rings is 1. The molecule has 3 N–H and O–H groups in total. The zero-order valence-corrected chi connectivity index (χ0v) is 14.4. The molecule has 1 saturated carbocycles. The highest BCUT2D eigenvalue weighted by Crippen LogP contribution is 2.43. The van der Waals surface area contributed by atoms with E-state index in [0.717, 1.165) is 6.07 Å². The van der Waals surface area contributed by atoms with Crippen LogP contribution in [0.15, 0.2) is 21.5 Å². The normalized spacial score (nSPS) is 24.6. The van der Waals surface area contributed by atoms with Crippen LogP contribution in [0.2, 0.25) is 0 Å².